The van der Waals surface area contributed by atoms with Crippen molar-refractivity contribution in [3.63, 3.8) is 0 Å². The second kappa shape index (κ2) is 9.46. The number of hydrogen-bond donors (Lipinski definition) is 3. The van der Waals surface area contributed by atoms with E-state index in [1.165, 1.54) is 0 Å². The van der Waals surface area contributed by atoms with E-state index in [1.807, 2.05) is 6.07 Å². The molecule has 0 saturated heterocycles. The van der Waals surface area contributed by atoms with Gasteiger partial charge in [-0.25, -0.2) is 0 Å². The van der Waals surface area contributed by atoms with Gasteiger partial charge in [0.15, 0.2) is 5.11 Å². The molecule has 0 atom stereocenters. The number of hydrogen-bond acceptors (Lipinski definition) is 3. The van der Waals surface area contributed by atoms with E-state index in [4.69, 9.17) is 12.2 Å². The predicted molar refractivity (Wildman–Crippen MR) is 89.6 cm³/mol. The Kier molecular flexibility index (Phi) is 7.92. The molecule has 1 rings (SSSR count). The number of hydrazine groups is 1. The van der Waals surface area contributed by atoms with Crippen molar-refractivity contribution >= 4 is 45.1 Å². The maximum absolute atomic E-state index is 11.9. The minimum absolute atomic E-state index is 0.0805. The van der Waals surface area contributed by atoms with Crippen molar-refractivity contribution in [2.75, 3.05) is 0 Å². The van der Waals surface area contributed by atoms with E-state index in [0.717, 1.165) is 19.3 Å². The molecule has 0 saturated carbocycles. The molecule has 0 fully saturated rings. The van der Waals surface area contributed by atoms with E-state index in [-0.39, 0.29) is 16.9 Å². The van der Waals surface area contributed by atoms with Crippen LogP contribution in [0.15, 0.2) is 28.7 Å². The minimum atomic E-state index is -0.343. The van der Waals surface area contributed by atoms with E-state index in [0.29, 0.717) is 16.5 Å². The van der Waals surface area contributed by atoms with Gasteiger partial charge in [0.25, 0.3) is 5.91 Å². The first kappa shape index (κ1) is 17.6. The van der Waals surface area contributed by atoms with E-state index in [2.05, 4.69) is 39.0 Å². The van der Waals surface area contributed by atoms with Crippen molar-refractivity contribution in [2.45, 2.75) is 32.6 Å². The lowest BCUT2D eigenvalue weighted by molar-refractivity contribution is -0.119. The zero-order chi connectivity index (χ0) is 15.7. The third-order valence-electron chi connectivity index (χ3n) is 2.67. The minimum Gasteiger partial charge on any atom is -0.302 e. The summed E-state index contributed by atoms with van der Waals surface area (Å²) < 4.78 is 0.679. The topological polar surface area (TPSA) is 70.2 Å². The molecule has 0 spiro atoms. The third-order valence-corrected chi connectivity index (χ3v) is 3.56. The molecule has 0 bridgehead atoms. The van der Waals surface area contributed by atoms with Crippen LogP contribution in [-0.4, -0.2) is 16.9 Å². The van der Waals surface area contributed by atoms with Crippen LogP contribution in [0.1, 0.15) is 43.0 Å². The zero-order valence-corrected chi connectivity index (χ0v) is 14.1. The Bertz CT molecular complexity index is 523. The van der Waals surface area contributed by atoms with Gasteiger partial charge in [-0.3, -0.25) is 20.4 Å². The zero-order valence-electron chi connectivity index (χ0n) is 11.7. The van der Waals surface area contributed by atoms with Crippen LogP contribution < -0.4 is 16.2 Å². The van der Waals surface area contributed by atoms with Gasteiger partial charge in [0.2, 0.25) is 5.91 Å². The Morgan fingerprint density at radius 1 is 1.19 bits per heavy atom. The second-order valence-corrected chi connectivity index (χ2v) is 5.66. The Labute approximate surface area is 138 Å². The first-order chi connectivity index (χ1) is 10.0. The molecule has 0 aliphatic rings. The highest BCUT2D eigenvalue weighted by Crippen LogP contribution is 2.15. The molecule has 0 unspecified atom stereocenters. The molecular formula is C14H18BrN3O2S. The summed E-state index contributed by atoms with van der Waals surface area (Å²) in [4.78, 5) is 23.4. The summed E-state index contributed by atoms with van der Waals surface area (Å²) in [6.45, 7) is 2.07. The van der Waals surface area contributed by atoms with Crippen LogP contribution in [0.4, 0.5) is 0 Å². The average Bonchev–Trinajstić information content (AvgIpc) is 2.45. The fourth-order valence-electron chi connectivity index (χ4n) is 1.58. The molecule has 0 aromatic heterocycles. The van der Waals surface area contributed by atoms with E-state index in [9.17, 15) is 9.59 Å². The predicted octanol–water partition coefficient (Wildman–Crippen LogP) is 2.66. The van der Waals surface area contributed by atoms with Gasteiger partial charge in [-0.1, -0.05) is 31.9 Å². The van der Waals surface area contributed by atoms with Crippen molar-refractivity contribution in [1.29, 1.82) is 0 Å². The van der Waals surface area contributed by atoms with Gasteiger partial charge in [-0.05, 0) is 46.7 Å². The molecule has 3 N–H and O–H groups in total. The normalized spacial score (nSPS) is 9.81. The third kappa shape index (κ3) is 6.68. The lowest BCUT2D eigenvalue weighted by atomic mass is 10.2. The number of thiocarbonyl (C=S) groups is 1. The summed E-state index contributed by atoms with van der Waals surface area (Å²) >= 11 is 8.23. The Morgan fingerprint density at radius 2 is 1.90 bits per heavy atom. The fraction of sp³-hybridized carbons (Fsp3) is 0.357. The molecule has 0 radical (unpaired) electrons. The Hall–Kier alpha value is -1.47. The fourth-order valence-corrected chi connectivity index (χ4v) is 2.21. The molecule has 2 amide bonds. The average molecular weight is 372 g/mol. The molecule has 7 heteroatoms. The number of amides is 2. The van der Waals surface area contributed by atoms with Crippen molar-refractivity contribution in [3.8, 4) is 0 Å². The van der Waals surface area contributed by atoms with Crippen molar-refractivity contribution < 1.29 is 9.59 Å². The molecule has 5 nitrogen and oxygen atoms in total. The first-order valence-corrected chi connectivity index (χ1v) is 7.89. The quantitative estimate of drug-likeness (QED) is 0.422. The number of benzene rings is 1. The molecular weight excluding hydrogens is 354 g/mol. The van der Waals surface area contributed by atoms with Crippen LogP contribution in [0.2, 0.25) is 0 Å². The lowest BCUT2D eigenvalue weighted by Crippen LogP contribution is -2.48. The number of rotatable bonds is 5. The number of unbranched alkanes of at least 4 members (excludes halogenated alkanes) is 2. The van der Waals surface area contributed by atoms with Gasteiger partial charge in [0.05, 0.1) is 5.56 Å². The van der Waals surface area contributed by atoms with Gasteiger partial charge in [0.1, 0.15) is 0 Å². The highest BCUT2D eigenvalue weighted by atomic mass is 79.9. The molecule has 1 aromatic carbocycles. The lowest BCUT2D eigenvalue weighted by Gasteiger charge is -2.11. The van der Waals surface area contributed by atoms with Crippen LogP contribution >= 0.6 is 28.1 Å². The molecule has 114 valence electrons. The number of carbonyl (C=O) groups is 2. The maximum Gasteiger partial charge on any atom is 0.270 e. The van der Waals surface area contributed by atoms with Crippen LogP contribution in [0.5, 0.6) is 0 Å². The van der Waals surface area contributed by atoms with Gasteiger partial charge in [-0.15, -0.1) is 0 Å². The van der Waals surface area contributed by atoms with Crippen LogP contribution in [0.3, 0.4) is 0 Å². The maximum atomic E-state index is 11.9. The van der Waals surface area contributed by atoms with Gasteiger partial charge in [-0.2, -0.15) is 0 Å². The molecule has 21 heavy (non-hydrogen) atoms. The van der Waals surface area contributed by atoms with E-state index >= 15 is 0 Å². The van der Waals surface area contributed by atoms with Crippen LogP contribution in [0.25, 0.3) is 0 Å². The smallest absolute Gasteiger partial charge is 0.270 e. The highest BCUT2D eigenvalue weighted by Gasteiger charge is 2.10. The number of halogens is 1. The van der Waals surface area contributed by atoms with E-state index in [1.54, 1.807) is 18.2 Å². The Balaban J connectivity index is 2.34. The van der Waals surface area contributed by atoms with Crippen molar-refractivity contribution in [3.05, 3.63) is 34.3 Å². The molecule has 1 aromatic rings. The summed E-state index contributed by atoms with van der Waals surface area (Å²) in [6, 6.07) is 7.01. The standard InChI is InChI=1S/C14H18BrN3O2S/c1-2-3-4-9-12(19)16-14(21)18-17-13(20)10-7-5-6-8-11(10)15/h5-8H,2-4,9H2,1H3,(H,17,20)(H2,16,18,19,21). The summed E-state index contributed by atoms with van der Waals surface area (Å²) in [7, 11) is 0. The number of nitrogens with one attached hydrogen (secondary N) is 3. The summed E-state index contributed by atoms with van der Waals surface area (Å²) in [5, 5.41) is 2.60. The molecule has 0 aliphatic carbocycles. The largest absolute Gasteiger partial charge is 0.302 e. The molecule has 0 aliphatic heterocycles. The van der Waals surface area contributed by atoms with Gasteiger partial charge in [0, 0.05) is 10.9 Å². The van der Waals surface area contributed by atoms with Crippen LogP contribution in [-0.2, 0) is 4.79 Å². The summed E-state index contributed by atoms with van der Waals surface area (Å²) in [5.41, 5.74) is 5.42. The summed E-state index contributed by atoms with van der Waals surface area (Å²) in [5.74, 6) is -0.499. The van der Waals surface area contributed by atoms with Crippen LogP contribution in [0, 0.1) is 0 Å². The molecule has 0 heterocycles. The summed E-state index contributed by atoms with van der Waals surface area (Å²) in [6.07, 6.45) is 3.31. The Morgan fingerprint density at radius 3 is 2.57 bits per heavy atom. The monoisotopic (exact) mass is 371 g/mol. The van der Waals surface area contributed by atoms with Gasteiger partial charge < -0.3 is 5.32 Å². The highest BCUT2D eigenvalue weighted by molar-refractivity contribution is 9.10. The second-order valence-electron chi connectivity index (χ2n) is 4.39. The van der Waals surface area contributed by atoms with Gasteiger partial charge >= 0.3 is 0 Å². The van der Waals surface area contributed by atoms with E-state index < -0.39 is 0 Å². The first-order valence-electron chi connectivity index (χ1n) is 6.69. The van der Waals surface area contributed by atoms with Crippen molar-refractivity contribution in [2.24, 2.45) is 0 Å². The SMILES string of the molecule is CCCCCC(=O)NC(=S)NNC(=O)c1ccccc1Br. The van der Waals surface area contributed by atoms with Crippen molar-refractivity contribution in [1.82, 2.24) is 16.2 Å². The number of carbonyl (C=O) groups excluding carboxylic acids is 2.